The van der Waals surface area contributed by atoms with Crippen LogP contribution in [0, 0.1) is 0 Å². The highest BCUT2D eigenvalue weighted by Gasteiger charge is 2.04. The average Bonchev–Trinajstić information content (AvgIpc) is 2.30. The molecule has 0 aliphatic heterocycles. The van der Waals surface area contributed by atoms with Gasteiger partial charge in [-0.1, -0.05) is 28.8 Å². The second kappa shape index (κ2) is 4.96. The first-order valence-corrected chi connectivity index (χ1v) is 5.34. The minimum atomic E-state index is 0.477. The molecule has 2 nitrogen and oxygen atoms in total. The van der Waals surface area contributed by atoms with Crippen molar-refractivity contribution >= 4 is 40.6 Å². The fourth-order valence-corrected chi connectivity index (χ4v) is 2.32. The zero-order valence-electron chi connectivity index (χ0n) is 7.40. The number of likely N-dealkylation sites (N-methyl/N-ethyl adjacent to an activating group) is 1. The predicted octanol–water partition coefficient (Wildman–Crippen LogP) is 3.07. The number of aromatic nitrogens is 1. The van der Waals surface area contributed by atoms with Crippen molar-refractivity contribution in [1.82, 2.24) is 10.3 Å². The fraction of sp³-hybridized carbons (Fsp3) is 0.375. The molecule has 1 rings (SSSR count). The first-order chi connectivity index (χ1) is 6.13. The van der Waals surface area contributed by atoms with E-state index >= 15 is 0 Å². The molecule has 0 amide bonds. The van der Waals surface area contributed by atoms with E-state index in [1.807, 2.05) is 20.0 Å². The summed E-state index contributed by atoms with van der Waals surface area (Å²) in [6.45, 7) is 2.87. The molecule has 0 bridgehead atoms. The molecule has 13 heavy (non-hydrogen) atoms. The lowest BCUT2D eigenvalue weighted by Crippen LogP contribution is -2.08. The Bertz CT molecular complexity index is 320. The summed E-state index contributed by atoms with van der Waals surface area (Å²) in [5.74, 6) is 0. The molecule has 5 heteroatoms. The topological polar surface area (TPSA) is 24.9 Å². The number of rotatable bonds is 3. The third-order valence-corrected chi connectivity index (χ3v) is 2.92. The van der Waals surface area contributed by atoms with E-state index < -0.39 is 0 Å². The smallest absolute Gasteiger partial charge is 0.185 e. The second-order valence-electron chi connectivity index (χ2n) is 2.64. The van der Waals surface area contributed by atoms with Crippen molar-refractivity contribution in [2.75, 3.05) is 13.6 Å². The van der Waals surface area contributed by atoms with Gasteiger partial charge in [0.1, 0.15) is 5.15 Å². The number of nitrogens with zero attached hydrogens (tertiary/aromatic N) is 1. The molecule has 0 saturated heterocycles. The Morgan fingerprint density at radius 3 is 2.77 bits per heavy atom. The molecule has 1 heterocycles. The van der Waals surface area contributed by atoms with Gasteiger partial charge in [0.05, 0.1) is 4.88 Å². The highest BCUT2D eigenvalue weighted by Crippen LogP contribution is 2.28. The molecule has 0 fully saturated rings. The van der Waals surface area contributed by atoms with Crippen molar-refractivity contribution in [3.05, 3.63) is 20.1 Å². The van der Waals surface area contributed by atoms with E-state index in [0.29, 0.717) is 9.62 Å². The third kappa shape index (κ3) is 3.27. The Morgan fingerprint density at radius 1 is 1.62 bits per heavy atom. The van der Waals surface area contributed by atoms with Gasteiger partial charge in [-0.15, -0.1) is 11.3 Å². The van der Waals surface area contributed by atoms with Crippen LogP contribution in [-0.4, -0.2) is 18.6 Å². The molecule has 0 saturated carbocycles. The quantitative estimate of drug-likeness (QED) is 0.873. The Labute approximate surface area is 91.6 Å². The van der Waals surface area contributed by atoms with Crippen LogP contribution >= 0.6 is 34.5 Å². The van der Waals surface area contributed by atoms with Crippen LogP contribution in [0.2, 0.25) is 9.62 Å². The first-order valence-electron chi connectivity index (χ1n) is 3.77. The molecule has 72 valence electrons. The maximum Gasteiger partial charge on any atom is 0.185 e. The van der Waals surface area contributed by atoms with Crippen LogP contribution in [0.15, 0.2) is 5.57 Å². The van der Waals surface area contributed by atoms with Gasteiger partial charge in [-0.3, -0.25) is 0 Å². The molecule has 1 aromatic rings. The van der Waals surface area contributed by atoms with E-state index in [1.54, 1.807) is 0 Å². The van der Waals surface area contributed by atoms with Crippen LogP contribution in [0.4, 0.5) is 0 Å². The van der Waals surface area contributed by atoms with Gasteiger partial charge in [0, 0.05) is 6.54 Å². The Morgan fingerprint density at radius 2 is 2.31 bits per heavy atom. The van der Waals surface area contributed by atoms with Gasteiger partial charge in [-0.2, -0.15) is 0 Å². The SMILES string of the molecule is CNCC(C)=Cc1sc(Cl)nc1Cl. The summed E-state index contributed by atoms with van der Waals surface area (Å²) in [6.07, 6.45) is 1.99. The molecule has 0 atom stereocenters. The van der Waals surface area contributed by atoms with Crippen LogP contribution in [0.25, 0.3) is 6.08 Å². The predicted molar refractivity (Wildman–Crippen MR) is 59.7 cm³/mol. The Balaban J connectivity index is 2.83. The fourth-order valence-electron chi connectivity index (χ4n) is 0.931. The number of nitrogens with one attached hydrogen (secondary N) is 1. The van der Waals surface area contributed by atoms with E-state index in [2.05, 4.69) is 10.3 Å². The van der Waals surface area contributed by atoms with Crippen LogP contribution in [0.3, 0.4) is 0 Å². The van der Waals surface area contributed by atoms with Crippen LogP contribution in [0.1, 0.15) is 11.8 Å². The minimum Gasteiger partial charge on any atom is -0.316 e. The van der Waals surface area contributed by atoms with Gasteiger partial charge >= 0.3 is 0 Å². The molecular formula is C8H10Cl2N2S. The summed E-state index contributed by atoms with van der Waals surface area (Å²) in [6, 6.07) is 0. The maximum atomic E-state index is 5.84. The normalized spacial score (nSPS) is 12.2. The molecular weight excluding hydrogens is 227 g/mol. The number of hydrogen-bond acceptors (Lipinski definition) is 3. The molecule has 1 aromatic heterocycles. The molecule has 0 aromatic carbocycles. The van der Waals surface area contributed by atoms with Crippen molar-refractivity contribution in [1.29, 1.82) is 0 Å². The zero-order chi connectivity index (χ0) is 9.84. The summed E-state index contributed by atoms with van der Waals surface area (Å²) >= 11 is 12.9. The van der Waals surface area contributed by atoms with Crippen molar-refractivity contribution < 1.29 is 0 Å². The number of hydrogen-bond donors (Lipinski definition) is 1. The van der Waals surface area contributed by atoms with Gasteiger partial charge in [-0.05, 0) is 20.0 Å². The van der Waals surface area contributed by atoms with Gasteiger partial charge in [-0.25, -0.2) is 4.98 Å². The van der Waals surface area contributed by atoms with E-state index in [9.17, 15) is 0 Å². The van der Waals surface area contributed by atoms with Crippen molar-refractivity contribution in [3.63, 3.8) is 0 Å². The summed E-state index contributed by atoms with van der Waals surface area (Å²) in [5, 5.41) is 3.53. The van der Waals surface area contributed by atoms with E-state index in [-0.39, 0.29) is 0 Å². The van der Waals surface area contributed by atoms with E-state index in [4.69, 9.17) is 23.2 Å². The van der Waals surface area contributed by atoms with E-state index in [0.717, 1.165) is 11.4 Å². The van der Waals surface area contributed by atoms with Crippen molar-refractivity contribution in [2.24, 2.45) is 0 Å². The highest BCUT2D eigenvalue weighted by atomic mass is 35.5. The molecule has 1 N–H and O–H groups in total. The van der Waals surface area contributed by atoms with Gasteiger partial charge in [0.15, 0.2) is 4.47 Å². The third-order valence-electron chi connectivity index (χ3n) is 1.42. The molecule has 0 unspecified atom stereocenters. The molecule has 0 spiro atoms. The first kappa shape index (κ1) is 11.0. The van der Waals surface area contributed by atoms with Gasteiger partial charge < -0.3 is 5.32 Å². The lowest BCUT2D eigenvalue weighted by molar-refractivity contribution is 0.885. The summed E-state index contributed by atoms with van der Waals surface area (Å²) in [4.78, 5) is 4.82. The lowest BCUT2D eigenvalue weighted by atomic mass is 10.2. The Kier molecular flexibility index (Phi) is 4.19. The van der Waals surface area contributed by atoms with Crippen molar-refractivity contribution in [3.8, 4) is 0 Å². The van der Waals surface area contributed by atoms with Crippen molar-refractivity contribution in [2.45, 2.75) is 6.92 Å². The number of halogens is 2. The second-order valence-corrected chi connectivity index (χ2v) is 4.61. The lowest BCUT2D eigenvalue weighted by Gasteiger charge is -1.97. The minimum absolute atomic E-state index is 0.477. The van der Waals surface area contributed by atoms with Crippen LogP contribution in [0.5, 0.6) is 0 Å². The average molecular weight is 237 g/mol. The monoisotopic (exact) mass is 236 g/mol. The van der Waals surface area contributed by atoms with Gasteiger partial charge in [0.25, 0.3) is 0 Å². The summed E-state index contributed by atoms with van der Waals surface area (Å²) < 4.78 is 0.480. The van der Waals surface area contributed by atoms with Crippen LogP contribution < -0.4 is 5.32 Å². The van der Waals surface area contributed by atoms with Crippen LogP contribution in [-0.2, 0) is 0 Å². The standard InChI is InChI=1S/C8H10Cl2N2S/c1-5(4-11-2)3-6-7(9)12-8(10)13-6/h3,11H,4H2,1-2H3. The zero-order valence-corrected chi connectivity index (χ0v) is 9.72. The largest absolute Gasteiger partial charge is 0.316 e. The van der Waals surface area contributed by atoms with Gasteiger partial charge in [0.2, 0.25) is 0 Å². The Hall–Kier alpha value is -0.0900. The number of thiazole rings is 1. The maximum absolute atomic E-state index is 5.84. The molecule has 0 radical (unpaired) electrons. The van der Waals surface area contributed by atoms with E-state index in [1.165, 1.54) is 16.9 Å². The summed E-state index contributed by atoms with van der Waals surface area (Å²) in [7, 11) is 1.90. The summed E-state index contributed by atoms with van der Waals surface area (Å²) in [5.41, 5.74) is 1.20. The molecule has 0 aliphatic rings. The molecule has 0 aliphatic carbocycles. The highest BCUT2D eigenvalue weighted by molar-refractivity contribution is 7.17.